The molecule has 6 heteroatoms. The van der Waals surface area contributed by atoms with E-state index in [0.717, 1.165) is 0 Å². The van der Waals surface area contributed by atoms with Gasteiger partial charge in [0, 0.05) is 13.2 Å². The molecule has 5 nitrogen and oxygen atoms in total. The van der Waals surface area contributed by atoms with Crippen molar-refractivity contribution in [3.63, 3.8) is 0 Å². The molecule has 11 heavy (non-hydrogen) atoms. The molecule has 0 unspecified atom stereocenters. The number of nitrogens with zero attached hydrogens (tertiary/aromatic N) is 2. The van der Waals surface area contributed by atoms with Gasteiger partial charge in [0.1, 0.15) is 5.82 Å². The zero-order valence-corrected chi connectivity index (χ0v) is 6.96. The van der Waals surface area contributed by atoms with Crippen LogP contribution in [0.2, 0.25) is 0 Å². The molecule has 1 aromatic rings. The standard InChI is InChI=1S/C5H8N2O3S/c1-4-6-5(3-7(4)2)11(8,9)10/h3H,1-2H3,(H,8,9,10). The van der Waals surface area contributed by atoms with Gasteiger partial charge in [0.15, 0.2) is 0 Å². The monoisotopic (exact) mass is 176 g/mol. The number of aromatic nitrogens is 2. The van der Waals surface area contributed by atoms with Gasteiger partial charge in [-0.15, -0.1) is 0 Å². The Labute approximate surface area is 64.4 Å². The Bertz CT molecular complexity index is 346. The average Bonchev–Trinajstić information content (AvgIpc) is 2.11. The quantitative estimate of drug-likeness (QED) is 0.610. The van der Waals surface area contributed by atoms with Crippen LogP contribution in [0.4, 0.5) is 0 Å². The Balaban J connectivity index is 3.29. The maximum Gasteiger partial charge on any atom is 0.313 e. The summed E-state index contributed by atoms with van der Waals surface area (Å²) in [5.74, 6) is 0.539. The predicted molar refractivity (Wildman–Crippen MR) is 37.8 cm³/mol. The molecule has 0 aliphatic carbocycles. The fourth-order valence-corrected chi connectivity index (χ4v) is 1.19. The fraction of sp³-hybridized carbons (Fsp3) is 0.400. The van der Waals surface area contributed by atoms with Crippen molar-refractivity contribution < 1.29 is 13.0 Å². The zero-order chi connectivity index (χ0) is 8.65. The lowest BCUT2D eigenvalue weighted by Crippen LogP contribution is -1.97. The van der Waals surface area contributed by atoms with Crippen molar-refractivity contribution in [1.29, 1.82) is 0 Å². The van der Waals surface area contributed by atoms with Gasteiger partial charge in [0.2, 0.25) is 5.03 Å². The lowest BCUT2D eigenvalue weighted by atomic mass is 10.7. The van der Waals surface area contributed by atoms with Gasteiger partial charge in [0.05, 0.1) is 0 Å². The molecule has 0 radical (unpaired) electrons. The molecule has 0 fully saturated rings. The minimum atomic E-state index is -4.14. The Hall–Kier alpha value is -0.880. The summed E-state index contributed by atoms with van der Waals surface area (Å²) in [5.41, 5.74) is 0. The molecule has 0 amide bonds. The summed E-state index contributed by atoms with van der Waals surface area (Å²) in [6.07, 6.45) is 1.25. The number of hydrogen-bond donors (Lipinski definition) is 1. The van der Waals surface area contributed by atoms with Crippen LogP contribution in [-0.4, -0.2) is 22.5 Å². The Kier molecular flexibility index (Phi) is 1.73. The van der Waals surface area contributed by atoms with E-state index in [0.29, 0.717) is 5.82 Å². The predicted octanol–water partition coefficient (Wildman–Crippen LogP) is -0.0248. The second-order valence-corrected chi connectivity index (χ2v) is 3.58. The van der Waals surface area contributed by atoms with Crippen LogP contribution in [0.15, 0.2) is 11.2 Å². The Morgan fingerprint density at radius 2 is 2.18 bits per heavy atom. The lowest BCUT2D eigenvalue weighted by molar-refractivity contribution is 0.479. The molecule has 0 aromatic carbocycles. The normalized spacial score (nSPS) is 11.9. The van der Waals surface area contributed by atoms with Crippen LogP contribution >= 0.6 is 0 Å². The van der Waals surface area contributed by atoms with E-state index in [2.05, 4.69) is 4.98 Å². The van der Waals surface area contributed by atoms with Gasteiger partial charge in [-0.2, -0.15) is 8.42 Å². The van der Waals surface area contributed by atoms with Crippen molar-refractivity contribution in [3.05, 3.63) is 12.0 Å². The zero-order valence-electron chi connectivity index (χ0n) is 6.14. The highest BCUT2D eigenvalue weighted by Gasteiger charge is 2.13. The molecule has 0 saturated heterocycles. The van der Waals surface area contributed by atoms with Crippen LogP contribution in [-0.2, 0) is 17.2 Å². The third kappa shape index (κ3) is 1.58. The first kappa shape index (κ1) is 8.22. The summed E-state index contributed by atoms with van der Waals surface area (Å²) < 4.78 is 31.0. The first-order valence-electron chi connectivity index (χ1n) is 2.88. The van der Waals surface area contributed by atoms with Crippen LogP contribution in [0.25, 0.3) is 0 Å². The van der Waals surface area contributed by atoms with E-state index >= 15 is 0 Å². The molecule has 1 heterocycles. The number of rotatable bonds is 1. The van der Waals surface area contributed by atoms with E-state index < -0.39 is 10.1 Å². The highest BCUT2D eigenvalue weighted by Crippen LogP contribution is 2.05. The van der Waals surface area contributed by atoms with E-state index in [9.17, 15) is 8.42 Å². The number of aryl methyl sites for hydroxylation is 2. The second-order valence-electron chi connectivity index (χ2n) is 2.21. The second kappa shape index (κ2) is 2.31. The van der Waals surface area contributed by atoms with E-state index in [1.165, 1.54) is 10.8 Å². The molecule has 0 aliphatic heterocycles. The largest absolute Gasteiger partial charge is 0.337 e. The first-order chi connectivity index (χ1) is 4.91. The summed E-state index contributed by atoms with van der Waals surface area (Å²) in [7, 11) is -2.49. The number of hydrogen-bond acceptors (Lipinski definition) is 3. The smallest absolute Gasteiger partial charge is 0.313 e. The minimum Gasteiger partial charge on any atom is -0.337 e. The molecule has 1 aromatic heterocycles. The topological polar surface area (TPSA) is 72.2 Å². The summed E-state index contributed by atoms with van der Waals surface area (Å²) in [5, 5.41) is -0.308. The molecule has 1 N–H and O–H groups in total. The van der Waals surface area contributed by atoms with Gasteiger partial charge in [-0.25, -0.2) is 4.98 Å². The van der Waals surface area contributed by atoms with Crippen LogP contribution in [0.5, 0.6) is 0 Å². The van der Waals surface area contributed by atoms with Crippen molar-refractivity contribution in [2.45, 2.75) is 11.9 Å². The lowest BCUT2D eigenvalue weighted by Gasteiger charge is -1.87. The van der Waals surface area contributed by atoms with Crippen LogP contribution in [0, 0.1) is 6.92 Å². The molecule has 62 valence electrons. The molecule has 0 aliphatic rings. The van der Waals surface area contributed by atoms with Gasteiger partial charge in [-0.1, -0.05) is 0 Å². The van der Waals surface area contributed by atoms with Gasteiger partial charge < -0.3 is 4.57 Å². The molecule has 0 bridgehead atoms. The van der Waals surface area contributed by atoms with Crippen molar-refractivity contribution in [2.24, 2.45) is 7.05 Å². The third-order valence-electron chi connectivity index (χ3n) is 1.35. The maximum atomic E-state index is 10.5. The molecule has 1 rings (SSSR count). The van der Waals surface area contributed by atoms with Crippen molar-refractivity contribution >= 4 is 10.1 Å². The third-order valence-corrected chi connectivity index (χ3v) is 2.08. The van der Waals surface area contributed by atoms with Gasteiger partial charge in [0.25, 0.3) is 0 Å². The molecular formula is C5H8N2O3S. The van der Waals surface area contributed by atoms with E-state index in [-0.39, 0.29) is 5.03 Å². The molecule has 0 atom stereocenters. The van der Waals surface area contributed by atoms with Crippen LogP contribution in [0.3, 0.4) is 0 Å². The minimum absolute atomic E-state index is 0.308. The maximum absolute atomic E-state index is 10.5. The molecule has 0 spiro atoms. The van der Waals surface area contributed by atoms with Crippen molar-refractivity contribution in [1.82, 2.24) is 9.55 Å². The summed E-state index contributed by atoms with van der Waals surface area (Å²) >= 11 is 0. The highest BCUT2D eigenvalue weighted by molar-refractivity contribution is 7.85. The van der Waals surface area contributed by atoms with E-state index in [1.807, 2.05) is 0 Å². The summed E-state index contributed by atoms with van der Waals surface area (Å²) in [6.45, 7) is 1.65. The Morgan fingerprint density at radius 3 is 2.36 bits per heavy atom. The van der Waals surface area contributed by atoms with Gasteiger partial charge >= 0.3 is 10.1 Å². The van der Waals surface area contributed by atoms with Gasteiger partial charge in [-0.3, -0.25) is 4.55 Å². The fourth-order valence-electron chi connectivity index (χ4n) is 0.651. The van der Waals surface area contributed by atoms with Crippen molar-refractivity contribution in [2.75, 3.05) is 0 Å². The summed E-state index contributed by atoms with van der Waals surface area (Å²) in [4.78, 5) is 3.61. The van der Waals surface area contributed by atoms with Crippen LogP contribution in [0.1, 0.15) is 5.82 Å². The van der Waals surface area contributed by atoms with Gasteiger partial charge in [-0.05, 0) is 6.92 Å². The van der Waals surface area contributed by atoms with E-state index in [4.69, 9.17) is 4.55 Å². The first-order valence-corrected chi connectivity index (χ1v) is 4.33. The highest BCUT2D eigenvalue weighted by atomic mass is 32.2. The molecular weight excluding hydrogens is 168 g/mol. The summed E-state index contributed by atoms with van der Waals surface area (Å²) in [6, 6.07) is 0. The van der Waals surface area contributed by atoms with Crippen molar-refractivity contribution in [3.8, 4) is 0 Å². The molecule has 0 saturated carbocycles. The SMILES string of the molecule is Cc1nc(S(=O)(=O)O)cn1C. The average molecular weight is 176 g/mol. The Morgan fingerprint density at radius 1 is 1.64 bits per heavy atom. The van der Waals surface area contributed by atoms with Crippen LogP contribution < -0.4 is 0 Å². The van der Waals surface area contributed by atoms with E-state index in [1.54, 1.807) is 14.0 Å². The number of imidazole rings is 1.